The van der Waals surface area contributed by atoms with Crippen LogP contribution < -0.4 is 5.32 Å². The van der Waals surface area contributed by atoms with E-state index in [1.807, 2.05) is 25.1 Å². The number of rotatable bonds is 5. The van der Waals surface area contributed by atoms with E-state index in [0.29, 0.717) is 12.1 Å². The lowest BCUT2D eigenvalue weighted by Gasteiger charge is -2.16. The number of hydrogen-bond acceptors (Lipinski definition) is 3. The topological polar surface area (TPSA) is 45.2 Å². The van der Waals surface area contributed by atoms with Crippen LogP contribution in [0.4, 0.5) is 0 Å². The summed E-state index contributed by atoms with van der Waals surface area (Å²) >= 11 is 0. The molecule has 1 aliphatic heterocycles. The molecule has 0 radical (unpaired) electrons. The van der Waals surface area contributed by atoms with Crippen molar-refractivity contribution in [2.45, 2.75) is 26.7 Å². The number of nitrogens with one attached hydrogen (secondary N) is 1. The van der Waals surface area contributed by atoms with Crippen LogP contribution in [0.5, 0.6) is 0 Å². The van der Waals surface area contributed by atoms with Crippen LogP contribution in [0.25, 0.3) is 22.0 Å². The van der Waals surface area contributed by atoms with E-state index in [-0.39, 0.29) is 5.91 Å². The Morgan fingerprint density at radius 1 is 1.07 bits per heavy atom. The fourth-order valence-electron chi connectivity index (χ4n) is 3.96. The van der Waals surface area contributed by atoms with Crippen molar-refractivity contribution in [3.63, 3.8) is 0 Å². The Hall–Kier alpha value is -2.72. The molecule has 0 saturated carbocycles. The highest BCUT2D eigenvalue weighted by atomic mass is 16.1. The van der Waals surface area contributed by atoms with Crippen molar-refractivity contribution in [2.75, 3.05) is 26.2 Å². The Morgan fingerprint density at radius 3 is 2.57 bits per heavy atom. The van der Waals surface area contributed by atoms with Crippen molar-refractivity contribution in [3.8, 4) is 11.1 Å². The van der Waals surface area contributed by atoms with Gasteiger partial charge in [0.1, 0.15) is 0 Å². The molecule has 0 aliphatic carbocycles. The van der Waals surface area contributed by atoms with Gasteiger partial charge in [0.2, 0.25) is 0 Å². The van der Waals surface area contributed by atoms with Gasteiger partial charge in [-0.2, -0.15) is 0 Å². The van der Waals surface area contributed by atoms with Gasteiger partial charge in [0.05, 0.1) is 11.1 Å². The van der Waals surface area contributed by atoms with Gasteiger partial charge in [-0.3, -0.25) is 9.78 Å². The van der Waals surface area contributed by atoms with Crippen molar-refractivity contribution in [3.05, 3.63) is 65.4 Å². The number of fused-ring (bicyclic) bond motifs is 1. The number of carbonyl (C=O) groups is 1. The zero-order valence-corrected chi connectivity index (χ0v) is 16.7. The standard InChI is InChI=1S/C24H27N3O/c1-17-8-10-19(11-9-17)20-6-5-7-21-22(16-18(2)26-23(20)21)24(28)25-12-15-27-13-3-4-14-27/h5-11,16H,3-4,12-15H2,1-2H3,(H,25,28). The van der Waals surface area contributed by atoms with E-state index < -0.39 is 0 Å². The molecule has 2 heterocycles. The van der Waals surface area contributed by atoms with E-state index in [1.165, 1.54) is 18.4 Å². The van der Waals surface area contributed by atoms with E-state index in [2.05, 4.69) is 47.5 Å². The maximum absolute atomic E-state index is 12.9. The zero-order chi connectivity index (χ0) is 19.5. The lowest BCUT2D eigenvalue weighted by molar-refractivity contribution is 0.0951. The molecule has 4 rings (SSSR count). The van der Waals surface area contributed by atoms with Gasteiger partial charge in [0.15, 0.2) is 0 Å². The maximum Gasteiger partial charge on any atom is 0.252 e. The SMILES string of the molecule is Cc1ccc(-c2cccc3c(C(=O)NCCN4CCCC4)cc(C)nc23)cc1. The maximum atomic E-state index is 12.9. The highest BCUT2D eigenvalue weighted by Crippen LogP contribution is 2.29. The van der Waals surface area contributed by atoms with Crippen LogP contribution in [0.2, 0.25) is 0 Å². The molecule has 144 valence electrons. The molecule has 2 aromatic carbocycles. The van der Waals surface area contributed by atoms with Crippen LogP contribution in [-0.4, -0.2) is 42.0 Å². The third-order valence-electron chi connectivity index (χ3n) is 5.49. The number of para-hydroxylation sites is 1. The monoisotopic (exact) mass is 373 g/mol. The van der Waals surface area contributed by atoms with Crippen molar-refractivity contribution < 1.29 is 4.79 Å². The van der Waals surface area contributed by atoms with Gasteiger partial charge in [0.25, 0.3) is 5.91 Å². The molecule has 1 aromatic heterocycles. The fraction of sp³-hybridized carbons (Fsp3) is 0.333. The Labute approximate surface area is 166 Å². The van der Waals surface area contributed by atoms with Gasteiger partial charge in [-0.15, -0.1) is 0 Å². The molecule has 4 nitrogen and oxygen atoms in total. The van der Waals surface area contributed by atoms with Crippen LogP contribution >= 0.6 is 0 Å². The molecule has 0 atom stereocenters. The Kier molecular flexibility index (Phi) is 5.40. The number of amides is 1. The summed E-state index contributed by atoms with van der Waals surface area (Å²) in [6, 6.07) is 16.4. The summed E-state index contributed by atoms with van der Waals surface area (Å²) in [5.74, 6) is -0.0178. The first kappa shape index (κ1) is 18.6. The molecule has 1 aliphatic rings. The third-order valence-corrected chi connectivity index (χ3v) is 5.49. The summed E-state index contributed by atoms with van der Waals surface area (Å²) < 4.78 is 0. The van der Waals surface area contributed by atoms with Gasteiger partial charge in [-0.05, 0) is 51.4 Å². The summed E-state index contributed by atoms with van der Waals surface area (Å²) in [5, 5.41) is 4.01. The van der Waals surface area contributed by atoms with E-state index in [1.54, 1.807) is 0 Å². The van der Waals surface area contributed by atoms with Crippen LogP contribution in [-0.2, 0) is 0 Å². The van der Waals surface area contributed by atoms with Gasteiger partial charge in [-0.25, -0.2) is 0 Å². The summed E-state index contributed by atoms with van der Waals surface area (Å²) in [6.07, 6.45) is 2.54. The molecule has 3 aromatic rings. The molecule has 1 fully saturated rings. The fourth-order valence-corrected chi connectivity index (χ4v) is 3.96. The van der Waals surface area contributed by atoms with Gasteiger partial charge >= 0.3 is 0 Å². The third kappa shape index (κ3) is 3.92. The van der Waals surface area contributed by atoms with Gasteiger partial charge in [0, 0.05) is 29.7 Å². The minimum atomic E-state index is -0.0178. The van der Waals surface area contributed by atoms with Gasteiger partial charge in [-0.1, -0.05) is 48.0 Å². The summed E-state index contributed by atoms with van der Waals surface area (Å²) in [4.78, 5) is 20.1. The molecular formula is C24H27N3O. The second-order valence-electron chi connectivity index (χ2n) is 7.68. The highest BCUT2D eigenvalue weighted by Gasteiger charge is 2.16. The predicted octanol–water partition coefficient (Wildman–Crippen LogP) is 4.34. The minimum absolute atomic E-state index is 0.0178. The van der Waals surface area contributed by atoms with Crippen molar-refractivity contribution in [2.24, 2.45) is 0 Å². The number of hydrogen-bond donors (Lipinski definition) is 1. The van der Waals surface area contributed by atoms with Crippen LogP contribution in [0, 0.1) is 13.8 Å². The molecule has 1 amide bonds. The number of nitrogens with zero attached hydrogens (tertiary/aromatic N) is 2. The van der Waals surface area contributed by atoms with Gasteiger partial charge < -0.3 is 10.2 Å². The molecule has 1 saturated heterocycles. The number of benzene rings is 2. The zero-order valence-electron chi connectivity index (χ0n) is 16.7. The quantitative estimate of drug-likeness (QED) is 0.723. The minimum Gasteiger partial charge on any atom is -0.351 e. The Bertz CT molecular complexity index is 989. The van der Waals surface area contributed by atoms with Crippen LogP contribution in [0.15, 0.2) is 48.5 Å². The Morgan fingerprint density at radius 2 is 1.82 bits per heavy atom. The smallest absolute Gasteiger partial charge is 0.252 e. The van der Waals surface area contributed by atoms with Crippen molar-refractivity contribution in [1.29, 1.82) is 0 Å². The number of likely N-dealkylation sites (tertiary alicyclic amines) is 1. The first-order valence-corrected chi connectivity index (χ1v) is 10.1. The van der Waals surface area contributed by atoms with Crippen LogP contribution in [0.1, 0.15) is 34.5 Å². The number of carbonyl (C=O) groups excluding carboxylic acids is 1. The summed E-state index contributed by atoms with van der Waals surface area (Å²) in [5.41, 5.74) is 5.86. The molecule has 0 unspecified atom stereocenters. The summed E-state index contributed by atoms with van der Waals surface area (Å²) in [7, 11) is 0. The lowest BCUT2D eigenvalue weighted by atomic mass is 9.98. The molecular weight excluding hydrogens is 346 g/mol. The number of aryl methyl sites for hydroxylation is 2. The van der Waals surface area contributed by atoms with Crippen molar-refractivity contribution in [1.82, 2.24) is 15.2 Å². The average molecular weight is 374 g/mol. The number of pyridine rings is 1. The molecule has 0 spiro atoms. The first-order valence-electron chi connectivity index (χ1n) is 10.1. The predicted molar refractivity (Wildman–Crippen MR) is 115 cm³/mol. The van der Waals surface area contributed by atoms with E-state index in [4.69, 9.17) is 4.98 Å². The summed E-state index contributed by atoms with van der Waals surface area (Å²) in [6.45, 7) is 7.92. The second kappa shape index (κ2) is 8.11. The molecule has 1 N–H and O–H groups in total. The first-order chi connectivity index (χ1) is 13.6. The highest BCUT2D eigenvalue weighted by molar-refractivity contribution is 6.09. The molecule has 4 heteroatoms. The molecule has 0 bridgehead atoms. The average Bonchev–Trinajstić information content (AvgIpc) is 3.21. The lowest BCUT2D eigenvalue weighted by Crippen LogP contribution is -2.33. The van der Waals surface area contributed by atoms with E-state index in [9.17, 15) is 4.79 Å². The van der Waals surface area contributed by atoms with Crippen molar-refractivity contribution >= 4 is 16.8 Å². The van der Waals surface area contributed by atoms with Crippen LogP contribution in [0.3, 0.4) is 0 Å². The van der Waals surface area contributed by atoms with E-state index >= 15 is 0 Å². The normalized spacial score (nSPS) is 14.5. The van der Waals surface area contributed by atoms with E-state index in [0.717, 1.165) is 47.4 Å². The Balaban J connectivity index is 1.64. The second-order valence-corrected chi connectivity index (χ2v) is 7.68. The number of aromatic nitrogens is 1. The molecule has 28 heavy (non-hydrogen) atoms. The largest absolute Gasteiger partial charge is 0.351 e.